The zero-order chi connectivity index (χ0) is 29.4. The molecule has 0 N–H and O–H groups in total. The fourth-order valence-electron chi connectivity index (χ4n) is 7.12. The fourth-order valence-corrected chi connectivity index (χ4v) is 7.12. The van der Waals surface area contributed by atoms with Gasteiger partial charge in [0.05, 0.1) is 22.4 Å². The lowest BCUT2D eigenvalue weighted by Crippen LogP contribution is -2.17. The van der Waals surface area contributed by atoms with Crippen LogP contribution < -0.4 is 0 Å². The third-order valence-electron chi connectivity index (χ3n) is 9.24. The van der Waals surface area contributed by atoms with E-state index in [0.717, 1.165) is 33.5 Å². The molecule has 0 amide bonds. The molecule has 0 atom stereocenters. The Bertz CT molecular complexity index is 2470. The number of fused-ring (bicyclic) bond motifs is 7. The summed E-state index contributed by atoms with van der Waals surface area (Å²) in [5, 5.41) is 7.37. The fraction of sp³-hybridized carbons (Fsp3) is 0.0732. The molecule has 1 aliphatic carbocycles. The van der Waals surface area contributed by atoms with Crippen molar-refractivity contribution in [2.75, 3.05) is 0 Å². The second-order valence-corrected chi connectivity index (χ2v) is 12.3. The van der Waals surface area contributed by atoms with Crippen molar-refractivity contribution in [1.82, 2.24) is 14.5 Å². The number of benzene rings is 6. The maximum atomic E-state index is 5.47. The van der Waals surface area contributed by atoms with Crippen molar-refractivity contribution in [1.29, 1.82) is 0 Å². The monoisotopic (exact) mass is 563 g/mol. The van der Waals surface area contributed by atoms with E-state index in [1.54, 1.807) is 0 Å². The van der Waals surface area contributed by atoms with Gasteiger partial charge in [-0.2, -0.15) is 0 Å². The smallest absolute Gasteiger partial charge is 0.235 e. The molecule has 6 aromatic carbocycles. The summed E-state index contributed by atoms with van der Waals surface area (Å²) in [7, 11) is 0. The molecule has 3 heteroatoms. The quantitative estimate of drug-likeness (QED) is 0.214. The number of hydrogen-bond donors (Lipinski definition) is 0. The largest absolute Gasteiger partial charge is 0.278 e. The molecule has 1 aliphatic rings. The third-order valence-corrected chi connectivity index (χ3v) is 9.24. The van der Waals surface area contributed by atoms with Crippen LogP contribution in [0.5, 0.6) is 0 Å². The van der Waals surface area contributed by atoms with Crippen LogP contribution >= 0.6 is 0 Å². The van der Waals surface area contributed by atoms with E-state index >= 15 is 0 Å². The minimum Gasteiger partial charge on any atom is -0.278 e. The van der Waals surface area contributed by atoms with Gasteiger partial charge in [0.1, 0.15) is 0 Å². The van der Waals surface area contributed by atoms with Crippen LogP contribution in [0.15, 0.2) is 133 Å². The minimum atomic E-state index is -0.221. The van der Waals surface area contributed by atoms with Gasteiger partial charge in [0.15, 0.2) is 0 Å². The number of aromatic nitrogens is 3. The summed E-state index contributed by atoms with van der Waals surface area (Å²) in [6, 6.07) is 45.5. The second kappa shape index (κ2) is 9.23. The molecule has 8 aromatic rings. The van der Waals surface area contributed by atoms with E-state index in [0.29, 0.717) is 5.95 Å². The first kappa shape index (κ1) is 25.0. The first-order valence-electron chi connectivity index (χ1n) is 15.2. The molecule has 0 saturated heterocycles. The summed E-state index contributed by atoms with van der Waals surface area (Å²) in [5.41, 5.74) is 8.59. The average Bonchev–Trinajstić information content (AvgIpc) is 3.58. The first-order valence-corrected chi connectivity index (χ1v) is 15.2. The molecule has 0 spiro atoms. The molecule has 0 bridgehead atoms. The molecular weight excluding hydrogens is 534 g/mol. The Kier molecular flexibility index (Phi) is 5.24. The Balaban J connectivity index is 1.38. The van der Waals surface area contributed by atoms with Crippen molar-refractivity contribution in [2.45, 2.75) is 19.3 Å². The van der Waals surface area contributed by atoms with Gasteiger partial charge in [-0.1, -0.05) is 141 Å². The van der Waals surface area contributed by atoms with E-state index in [9.17, 15) is 0 Å². The Labute approximate surface area is 255 Å². The van der Waals surface area contributed by atoms with Gasteiger partial charge in [-0.05, 0) is 44.8 Å². The van der Waals surface area contributed by atoms with Crippen LogP contribution in [0.3, 0.4) is 0 Å². The lowest BCUT2D eigenvalue weighted by atomic mass is 9.89. The summed E-state index contributed by atoms with van der Waals surface area (Å²) in [6.07, 6.45) is 4.48. The van der Waals surface area contributed by atoms with Crippen LogP contribution in [0, 0.1) is 0 Å². The van der Waals surface area contributed by atoms with Gasteiger partial charge in [0.25, 0.3) is 0 Å². The predicted octanol–water partition coefficient (Wildman–Crippen LogP) is 10.5. The number of nitrogens with zero attached hydrogens (tertiary/aromatic N) is 3. The number of allylic oxidation sites excluding steroid dienone is 1. The van der Waals surface area contributed by atoms with Crippen molar-refractivity contribution < 1.29 is 0 Å². The predicted molar refractivity (Wildman–Crippen MR) is 184 cm³/mol. The van der Waals surface area contributed by atoms with Gasteiger partial charge < -0.3 is 0 Å². The zero-order valence-electron chi connectivity index (χ0n) is 24.6. The van der Waals surface area contributed by atoms with E-state index in [1.165, 1.54) is 43.4 Å². The van der Waals surface area contributed by atoms with E-state index < -0.39 is 0 Å². The molecule has 0 aliphatic heterocycles. The van der Waals surface area contributed by atoms with Crippen molar-refractivity contribution in [3.8, 4) is 28.3 Å². The Morgan fingerprint density at radius 2 is 1.16 bits per heavy atom. The molecule has 44 heavy (non-hydrogen) atoms. The van der Waals surface area contributed by atoms with Gasteiger partial charge in [-0.15, -0.1) is 0 Å². The highest BCUT2D eigenvalue weighted by Crippen LogP contribution is 2.44. The highest BCUT2D eigenvalue weighted by molar-refractivity contribution is 6.21. The van der Waals surface area contributed by atoms with Crippen molar-refractivity contribution >= 4 is 49.4 Å². The van der Waals surface area contributed by atoms with E-state index in [1.807, 2.05) is 0 Å². The number of para-hydroxylation sites is 1. The molecule has 3 nitrogen and oxygen atoms in total. The topological polar surface area (TPSA) is 30.7 Å². The summed E-state index contributed by atoms with van der Waals surface area (Å²) < 4.78 is 2.26. The molecule has 9 rings (SSSR count). The van der Waals surface area contributed by atoms with Crippen LogP contribution in [-0.2, 0) is 5.41 Å². The normalized spacial score (nSPS) is 13.8. The van der Waals surface area contributed by atoms with E-state index in [-0.39, 0.29) is 5.41 Å². The third kappa shape index (κ3) is 3.56. The number of rotatable bonds is 3. The highest BCUT2D eigenvalue weighted by atomic mass is 15.2. The van der Waals surface area contributed by atoms with Gasteiger partial charge >= 0.3 is 0 Å². The summed E-state index contributed by atoms with van der Waals surface area (Å²) >= 11 is 0. The second-order valence-electron chi connectivity index (χ2n) is 12.3. The van der Waals surface area contributed by atoms with Crippen molar-refractivity contribution in [3.05, 3.63) is 145 Å². The van der Waals surface area contributed by atoms with Crippen LogP contribution in [0.4, 0.5) is 0 Å². The SMILES string of the molecule is CC1(C)C=Cc2c(-c3ccccc3-c3cccc4ccccc34)nc(-n3c4ccccc4c4c5ccccc5ccc43)nc21. The lowest BCUT2D eigenvalue weighted by molar-refractivity contribution is 0.651. The standard InChI is InChI=1S/C41H29N3/c1-41(2)25-24-34-38(32-18-8-7-17-31(32)30-20-11-14-26-12-3-5-15-28(26)30)42-40(43-39(34)41)44-35-21-10-9-19-33(35)37-29-16-6-4-13-27(29)22-23-36(37)44/h3-25H,1-2H3. The van der Waals surface area contributed by atoms with Crippen molar-refractivity contribution in [2.24, 2.45) is 0 Å². The first-order chi connectivity index (χ1) is 21.6. The zero-order valence-corrected chi connectivity index (χ0v) is 24.6. The van der Waals surface area contributed by atoms with Crippen molar-refractivity contribution in [3.63, 3.8) is 0 Å². The Morgan fingerprint density at radius 1 is 0.523 bits per heavy atom. The maximum absolute atomic E-state index is 5.47. The molecule has 0 unspecified atom stereocenters. The molecule has 0 fully saturated rings. The Morgan fingerprint density at radius 3 is 2.00 bits per heavy atom. The van der Waals surface area contributed by atoms with Crippen LogP contribution in [0.1, 0.15) is 25.1 Å². The molecule has 2 heterocycles. The molecule has 208 valence electrons. The summed E-state index contributed by atoms with van der Waals surface area (Å²) in [6.45, 7) is 4.48. The summed E-state index contributed by atoms with van der Waals surface area (Å²) in [5.74, 6) is 0.699. The molecular formula is C41H29N3. The lowest BCUT2D eigenvalue weighted by Gasteiger charge is -2.21. The van der Waals surface area contributed by atoms with Crippen LogP contribution in [-0.4, -0.2) is 14.5 Å². The van der Waals surface area contributed by atoms with Crippen LogP contribution in [0.25, 0.3) is 77.8 Å². The minimum absolute atomic E-state index is 0.221. The van der Waals surface area contributed by atoms with E-state index in [2.05, 4.69) is 158 Å². The van der Waals surface area contributed by atoms with Crippen LogP contribution in [0.2, 0.25) is 0 Å². The van der Waals surface area contributed by atoms with Gasteiger partial charge in [0, 0.05) is 27.3 Å². The maximum Gasteiger partial charge on any atom is 0.235 e. The van der Waals surface area contributed by atoms with Gasteiger partial charge in [-0.25, -0.2) is 9.97 Å². The average molecular weight is 564 g/mol. The molecule has 0 saturated carbocycles. The van der Waals surface area contributed by atoms with Gasteiger partial charge in [-0.3, -0.25) is 4.57 Å². The molecule has 0 radical (unpaired) electrons. The molecule has 2 aromatic heterocycles. The highest BCUT2D eigenvalue weighted by Gasteiger charge is 2.32. The Hall–Kier alpha value is -5.54. The summed E-state index contributed by atoms with van der Waals surface area (Å²) in [4.78, 5) is 10.8. The van der Waals surface area contributed by atoms with E-state index in [4.69, 9.17) is 9.97 Å². The number of hydrogen-bond acceptors (Lipinski definition) is 2. The van der Waals surface area contributed by atoms with Gasteiger partial charge in [0.2, 0.25) is 5.95 Å².